The van der Waals surface area contributed by atoms with Gasteiger partial charge >= 0.3 is 0 Å². The van der Waals surface area contributed by atoms with Gasteiger partial charge in [-0.25, -0.2) is 13.1 Å². The lowest BCUT2D eigenvalue weighted by Gasteiger charge is -2.14. The molecule has 5 rings (SSSR count). The van der Waals surface area contributed by atoms with Crippen LogP contribution in [0.3, 0.4) is 0 Å². The molecule has 1 fully saturated rings. The Hall–Kier alpha value is -3.73. The molecule has 3 heterocycles. The van der Waals surface area contributed by atoms with Crippen LogP contribution < -0.4 is 10.6 Å². The third-order valence-electron chi connectivity index (χ3n) is 5.99. The summed E-state index contributed by atoms with van der Waals surface area (Å²) in [4.78, 5) is 26.7. The number of thiophene rings is 1. The van der Waals surface area contributed by atoms with E-state index >= 15 is 0 Å². The van der Waals surface area contributed by atoms with E-state index in [0.29, 0.717) is 27.6 Å². The van der Waals surface area contributed by atoms with Crippen LogP contribution in [0.1, 0.15) is 21.7 Å². The molecule has 194 valence electrons. The third-order valence-corrected chi connectivity index (χ3v) is 8.87. The molecule has 4 aromatic rings. The smallest absolute Gasteiger partial charge is 0.268 e. The predicted octanol–water partition coefficient (Wildman–Crippen LogP) is 4.33. The van der Waals surface area contributed by atoms with Gasteiger partial charge in [0.1, 0.15) is 11.4 Å². The summed E-state index contributed by atoms with van der Waals surface area (Å²) >= 11 is 7.34. The van der Waals surface area contributed by atoms with Crippen LogP contribution in [0.15, 0.2) is 84.0 Å². The molecule has 0 bridgehead atoms. The van der Waals surface area contributed by atoms with E-state index in [2.05, 4.69) is 10.6 Å². The monoisotopic (exact) mass is 566 g/mol. The van der Waals surface area contributed by atoms with E-state index < -0.39 is 27.7 Å². The molecule has 2 aromatic heterocycles. The lowest BCUT2D eigenvalue weighted by molar-refractivity contribution is -0.118. The molecular formula is C27H23ClN4O4S2. The van der Waals surface area contributed by atoms with Crippen molar-refractivity contribution in [3.8, 4) is 16.9 Å². The van der Waals surface area contributed by atoms with E-state index in [1.807, 2.05) is 42.5 Å². The van der Waals surface area contributed by atoms with Crippen molar-refractivity contribution in [1.29, 1.82) is 0 Å². The zero-order chi connectivity index (χ0) is 26.7. The molecule has 0 aliphatic carbocycles. The first-order chi connectivity index (χ1) is 18.3. The number of benzene rings is 2. The van der Waals surface area contributed by atoms with Crippen LogP contribution in [0.4, 0.5) is 0 Å². The Morgan fingerprint density at radius 2 is 1.82 bits per heavy atom. The molecule has 2 aromatic carbocycles. The largest absolute Gasteiger partial charge is 0.347 e. The molecule has 1 aliphatic heterocycles. The highest BCUT2D eigenvalue weighted by Crippen LogP contribution is 2.27. The van der Waals surface area contributed by atoms with Gasteiger partial charge in [0.15, 0.2) is 9.84 Å². The van der Waals surface area contributed by atoms with Crippen molar-refractivity contribution in [1.82, 2.24) is 20.4 Å². The van der Waals surface area contributed by atoms with Gasteiger partial charge in [-0.3, -0.25) is 9.59 Å². The number of rotatable bonds is 7. The van der Waals surface area contributed by atoms with Gasteiger partial charge in [0, 0.05) is 28.4 Å². The summed E-state index contributed by atoms with van der Waals surface area (Å²) < 4.78 is 25.5. The zero-order valence-corrected chi connectivity index (χ0v) is 22.4. The fraction of sp³-hybridized carbons (Fsp3) is 0.148. The van der Waals surface area contributed by atoms with Crippen molar-refractivity contribution in [2.24, 2.45) is 0 Å². The molecule has 0 saturated carbocycles. The maximum Gasteiger partial charge on any atom is 0.268 e. The number of halogens is 1. The summed E-state index contributed by atoms with van der Waals surface area (Å²) in [6, 6.07) is 19.5. The van der Waals surface area contributed by atoms with Crippen LogP contribution in [0.5, 0.6) is 0 Å². The molecule has 2 N–H and O–H groups in total. The average molecular weight is 567 g/mol. The minimum Gasteiger partial charge on any atom is -0.347 e. The summed E-state index contributed by atoms with van der Waals surface area (Å²) in [6.07, 6.45) is 3.65. The normalized spacial score (nSPS) is 16.8. The molecule has 1 aliphatic rings. The molecular weight excluding hydrogens is 544 g/mol. The van der Waals surface area contributed by atoms with Gasteiger partial charge in [-0.05, 0) is 48.2 Å². The second kappa shape index (κ2) is 10.9. The maximum atomic E-state index is 13.4. The van der Waals surface area contributed by atoms with E-state index in [1.54, 1.807) is 46.6 Å². The number of para-hydroxylation sites is 1. The second-order valence-electron chi connectivity index (χ2n) is 8.78. The lowest BCUT2D eigenvalue weighted by Crippen LogP contribution is -2.40. The van der Waals surface area contributed by atoms with Gasteiger partial charge in [-0.2, -0.15) is 5.10 Å². The van der Waals surface area contributed by atoms with E-state index in [1.165, 1.54) is 11.3 Å². The van der Waals surface area contributed by atoms with Crippen molar-refractivity contribution in [2.75, 3.05) is 11.5 Å². The topological polar surface area (TPSA) is 110 Å². The maximum absolute atomic E-state index is 13.4. The molecule has 11 heteroatoms. The second-order valence-corrected chi connectivity index (χ2v) is 12.4. The number of nitrogens with one attached hydrogen (secondary N) is 2. The Morgan fingerprint density at radius 1 is 1.05 bits per heavy atom. The van der Waals surface area contributed by atoms with Crippen molar-refractivity contribution >= 4 is 50.7 Å². The van der Waals surface area contributed by atoms with Gasteiger partial charge in [0.05, 0.1) is 22.1 Å². The third kappa shape index (κ3) is 6.04. The van der Waals surface area contributed by atoms with Crippen LogP contribution in [0.2, 0.25) is 5.02 Å². The number of nitrogens with zero attached hydrogens (tertiary/aromatic N) is 2. The Kier molecular flexibility index (Phi) is 7.46. The number of hydrogen-bond donors (Lipinski definition) is 2. The summed E-state index contributed by atoms with van der Waals surface area (Å²) in [7, 11) is -3.20. The Balaban J connectivity index is 1.56. The highest BCUT2D eigenvalue weighted by atomic mass is 35.5. The number of carbonyl (C=O) groups is 2. The van der Waals surface area contributed by atoms with Crippen molar-refractivity contribution in [3.63, 3.8) is 0 Å². The van der Waals surface area contributed by atoms with Crippen molar-refractivity contribution < 1.29 is 18.0 Å². The lowest BCUT2D eigenvalue weighted by atomic mass is 10.1. The van der Waals surface area contributed by atoms with Crippen LogP contribution in [0, 0.1) is 0 Å². The SMILES string of the molecule is O=C(N[C@H]1CCS(=O)(=O)C1)/C(=C/c1cn(-c2ccccc2)nc1-c1ccc(Cl)cc1)NC(=O)c1cccs1. The molecule has 38 heavy (non-hydrogen) atoms. The van der Waals surface area contributed by atoms with Gasteiger partial charge in [0.25, 0.3) is 11.8 Å². The Bertz CT molecular complexity index is 1600. The first-order valence-electron chi connectivity index (χ1n) is 11.8. The fourth-order valence-electron chi connectivity index (χ4n) is 4.12. The Labute approximate surface area is 228 Å². The Morgan fingerprint density at radius 3 is 2.47 bits per heavy atom. The predicted molar refractivity (Wildman–Crippen MR) is 149 cm³/mol. The van der Waals surface area contributed by atoms with Crippen LogP contribution in [-0.4, -0.2) is 47.6 Å². The summed E-state index contributed by atoms with van der Waals surface area (Å²) in [5.41, 5.74) is 2.71. The highest BCUT2D eigenvalue weighted by molar-refractivity contribution is 7.91. The fourth-order valence-corrected chi connectivity index (χ4v) is 6.53. The minimum absolute atomic E-state index is 0.0170. The van der Waals surface area contributed by atoms with Crippen molar-refractivity contribution in [2.45, 2.75) is 12.5 Å². The first-order valence-corrected chi connectivity index (χ1v) is 14.8. The summed E-state index contributed by atoms with van der Waals surface area (Å²) in [6.45, 7) is 0. The molecule has 0 radical (unpaired) electrons. The number of amides is 2. The standard InChI is InChI=1S/C27H23ClN4O4S2/c28-20-10-8-18(9-11-20)25-19(16-32(31-25)22-5-2-1-3-6-22)15-23(30-27(34)24-7-4-13-37-24)26(33)29-21-12-14-38(35,36)17-21/h1-11,13,15-16,21H,12,14,17H2,(H,29,33)(H,30,34)/b23-15-/t21-/m0/s1. The number of hydrogen-bond acceptors (Lipinski definition) is 6. The van der Waals surface area contributed by atoms with Crippen LogP contribution in [-0.2, 0) is 14.6 Å². The highest BCUT2D eigenvalue weighted by Gasteiger charge is 2.30. The number of sulfone groups is 1. The molecule has 1 saturated heterocycles. The number of aromatic nitrogens is 2. The molecule has 0 unspecified atom stereocenters. The van der Waals surface area contributed by atoms with E-state index in [-0.39, 0.29) is 17.2 Å². The van der Waals surface area contributed by atoms with Gasteiger partial charge in [0.2, 0.25) is 0 Å². The van der Waals surface area contributed by atoms with Crippen LogP contribution >= 0.6 is 22.9 Å². The van der Waals surface area contributed by atoms with Gasteiger partial charge < -0.3 is 10.6 Å². The van der Waals surface area contributed by atoms with E-state index in [4.69, 9.17) is 16.7 Å². The quantitative estimate of drug-likeness (QED) is 0.324. The summed E-state index contributed by atoms with van der Waals surface area (Å²) in [5, 5.41) is 12.6. The van der Waals surface area contributed by atoms with Gasteiger partial charge in [-0.1, -0.05) is 48.0 Å². The van der Waals surface area contributed by atoms with E-state index in [9.17, 15) is 18.0 Å². The van der Waals surface area contributed by atoms with Crippen LogP contribution in [0.25, 0.3) is 23.0 Å². The van der Waals surface area contributed by atoms with E-state index in [0.717, 1.165) is 11.3 Å². The van der Waals surface area contributed by atoms with Gasteiger partial charge in [-0.15, -0.1) is 11.3 Å². The molecule has 0 spiro atoms. The average Bonchev–Trinajstić information content (AvgIpc) is 3.65. The number of carbonyl (C=O) groups excluding carboxylic acids is 2. The zero-order valence-electron chi connectivity index (χ0n) is 20.0. The molecule has 8 nitrogen and oxygen atoms in total. The minimum atomic E-state index is -3.20. The van der Waals surface area contributed by atoms with Crippen molar-refractivity contribution in [3.05, 3.63) is 99.5 Å². The molecule has 2 amide bonds. The summed E-state index contributed by atoms with van der Waals surface area (Å²) in [5.74, 6) is -1.13. The first kappa shape index (κ1) is 25.9. The molecule has 1 atom stereocenters.